The summed E-state index contributed by atoms with van der Waals surface area (Å²) in [5.41, 5.74) is 11.2. The fourth-order valence-corrected chi connectivity index (χ4v) is 7.99. The van der Waals surface area contributed by atoms with E-state index >= 15 is 0 Å². The third-order valence-corrected chi connectivity index (χ3v) is 11.0. The molecule has 0 fully saturated rings. The van der Waals surface area contributed by atoms with Crippen molar-refractivity contribution in [2.24, 2.45) is 10.7 Å². The second-order valence-corrected chi connectivity index (χ2v) is 15.3. The van der Waals surface area contributed by atoms with Crippen molar-refractivity contribution in [2.45, 2.75) is 83.3 Å². The van der Waals surface area contributed by atoms with Gasteiger partial charge < -0.3 is 25.9 Å². The second-order valence-electron chi connectivity index (χ2n) is 13.7. The lowest BCUT2D eigenvalue weighted by atomic mass is 9.88. The predicted octanol–water partition coefficient (Wildman–Crippen LogP) is 4.92. The highest BCUT2D eigenvalue weighted by Gasteiger charge is 2.33. The normalized spacial score (nSPS) is 14.5. The molecule has 1 aromatic heterocycles. The highest BCUT2D eigenvalue weighted by atomic mass is 32.2. The number of fused-ring (bicyclic) bond motifs is 1. The minimum absolute atomic E-state index is 0.0150. The van der Waals surface area contributed by atoms with E-state index in [1.807, 2.05) is 75.4 Å². The quantitative estimate of drug-likeness (QED) is 0.0771. The number of carbonyl (C=O) groups is 2. The maximum absolute atomic E-state index is 13.5. The molecule has 1 aliphatic heterocycles. The summed E-state index contributed by atoms with van der Waals surface area (Å²) < 4.78 is 35.5. The minimum Gasteiger partial charge on any atom is -0.487 e. The Balaban J connectivity index is 1.18. The van der Waals surface area contributed by atoms with Crippen molar-refractivity contribution in [3.8, 4) is 16.9 Å². The molecule has 0 radical (unpaired) electrons. The van der Waals surface area contributed by atoms with Gasteiger partial charge in [-0.2, -0.15) is 0 Å². The summed E-state index contributed by atoms with van der Waals surface area (Å²) in [5.74, 6) is -1.75. The van der Waals surface area contributed by atoms with Crippen LogP contribution in [0.25, 0.3) is 11.1 Å². The number of hydrogen-bond donors (Lipinski definition) is 5. The molecule has 52 heavy (non-hydrogen) atoms. The summed E-state index contributed by atoms with van der Waals surface area (Å²) in [6.07, 6.45) is 1.95. The number of amides is 1. The standard InChI is InChI=1S/C39H45N5O7S/c1-23-24(2)34(25(3)30-18-19-39(4,5)51-33(23)30)52(49,50)44-38(40)41-20-10-15-32(37(47)48)43-36(46)31-17-16-29(42-35(31)45)22-26-11-9-14-28(21-26)27-12-7-6-8-13-27/h6-9,11-14,16-17,21,32H,10,15,18-20,22H2,1-5H3,(H,42,45)(H,43,46)(H,47,48)(H3,40,41,44)/t32-/m0/s1. The molecule has 0 unspecified atom stereocenters. The lowest BCUT2D eigenvalue weighted by Gasteiger charge is -2.35. The SMILES string of the molecule is Cc1c(C)c(S(=O)(=O)NC(N)=NCCC[C@H](NC(=O)c2ccc(Cc3cccc(-c4ccccc4)c3)[nH]c2=O)C(=O)O)c(C)c2c1OC(C)(C)CC2. The topological polar surface area (TPSA) is 193 Å². The van der Waals surface area contributed by atoms with E-state index in [0.29, 0.717) is 29.7 Å². The number of aromatic amines is 1. The molecule has 0 saturated carbocycles. The van der Waals surface area contributed by atoms with Crippen LogP contribution in [-0.2, 0) is 27.7 Å². The number of aliphatic imine (C=N–C) groups is 1. The molecule has 274 valence electrons. The van der Waals surface area contributed by atoms with Crippen LogP contribution in [-0.4, -0.2) is 54.5 Å². The minimum atomic E-state index is -4.10. The zero-order chi connectivity index (χ0) is 37.8. The zero-order valence-electron chi connectivity index (χ0n) is 30.0. The van der Waals surface area contributed by atoms with Crippen LogP contribution in [0.5, 0.6) is 5.75 Å². The van der Waals surface area contributed by atoms with Crippen LogP contribution in [0, 0.1) is 20.8 Å². The fourth-order valence-electron chi connectivity index (χ4n) is 6.47. The third kappa shape index (κ3) is 8.71. The number of nitrogens with two attached hydrogens (primary N) is 1. The number of pyridine rings is 1. The first-order chi connectivity index (χ1) is 24.6. The van der Waals surface area contributed by atoms with Crippen LogP contribution in [0.3, 0.4) is 0 Å². The number of ether oxygens (including phenoxy) is 1. The number of aliphatic carboxylic acids is 1. The lowest BCUT2D eigenvalue weighted by Crippen LogP contribution is -2.42. The molecule has 6 N–H and O–H groups in total. The van der Waals surface area contributed by atoms with Gasteiger partial charge >= 0.3 is 5.97 Å². The smallest absolute Gasteiger partial charge is 0.326 e. The van der Waals surface area contributed by atoms with Crippen molar-refractivity contribution in [3.63, 3.8) is 0 Å². The average molecular weight is 728 g/mol. The monoisotopic (exact) mass is 727 g/mol. The summed E-state index contributed by atoms with van der Waals surface area (Å²) in [6.45, 7) is 9.31. The zero-order valence-corrected chi connectivity index (χ0v) is 30.8. The summed E-state index contributed by atoms with van der Waals surface area (Å²) in [4.78, 5) is 44.7. The molecule has 2 heterocycles. The molecule has 0 bridgehead atoms. The van der Waals surface area contributed by atoms with Gasteiger partial charge in [0.2, 0.25) is 5.96 Å². The van der Waals surface area contributed by atoms with E-state index in [2.05, 4.69) is 20.0 Å². The molecule has 5 rings (SSSR count). The number of hydrogen-bond acceptors (Lipinski definition) is 7. The molecule has 13 heteroatoms. The number of carbonyl (C=O) groups excluding carboxylic acids is 1. The van der Waals surface area contributed by atoms with Crippen molar-refractivity contribution in [1.82, 2.24) is 15.0 Å². The average Bonchev–Trinajstić information content (AvgIpc) is 3.08. The maximum Gasteiger partial charge on any atom is 0.326 e. The summed E-state index contributed by atoms with van der Waals surface area (Å²) in [6, 6.07) is 19.5. The van der Waals surface area contributed by atoms with Gasteiger partial charge in [0.25, 0.3) is 21.5 Å². The molecular formula is C39H45N5O7S. The van der Waals surface area contributed by atoms with E-state index in [1.165, 1.54) is 6.07 Å². The summed E-state index contributed by atoms with van der Waals surface area (Å²) >= 11 is 0. The number of sulfonamides is 1. The number of carboxylic acid groups (broad SMARTS) is 1. The number of H-pyrrole nitrogens is 1. The van der Waals surface area contributed by atoms with Crippen LogP contribution in [0.15, 0.2) is 81.4 Å². The fraction of sp³-hybridized carbons (Fsp3) is 0.333. The van der Waals surface area contributed by atoms with Crippen molar-refractivity contribution in [2.75, 3.05) is 6.54 Å². The molecule has 3 aromatic carbocycles. The highest BCUT2D eigenvalue weighted by Crippen LogP contribution is 2.42. The number of rotatable bonds is 12. The Morgan fingerprint density at radius 3 is 2.40 bits per heavy atom. The molecule has 0 saturated heterocycles. The first-order valence-corrected chi connectivity index (χ1v) is 18.6. The highest BCUT2D eigenvalue weighted by molar-refractivity contribution is 7.90. The Labute approximate surface area is 303 Å². The van der Waals surface area contributed by atoms with Gasteiger partial charge in [-0.1, -0.05) is 54.6 Å². The molecule has 1 aliphatic rings. The number of benzene rings is 3. The number of nitrogens with one attached hydrogen (secondary N) is 3. The largest absolute Gasteiger partial charge is 0.487 e. The number of guanidine groups is 1. The first kappa shape index (κ1) is 37.8. The molecule has 12 nitrogen and oxygen atoms in total. The van der Waals surface area contributed by atoms with E-state index in [4.69, 9.17) is 10.5 Å². The van der Waals surface area contributed by atoms with Crippen LogP contribution in [0.4, 0.5) is 0 Å². The van der Waals surface area contributed by atoms with Crippen molar-refractivity contribution < 1.29 is 27.9 Å². The molecule has 1 atom stereocenters. The van der Waals surface area contributed by atoms with Gasteiger partial charge in [-0.3, -0.25) is 14.6 Å². The van der Waals surface area contributed by atoms with Gasteiger partial charge in [0.15, 0.2) is 0 Å². The van der Waals surface area contributed by atoms with E-state index in [1.54, 1.807) is 19.9 Å². The number of aromatic nitrogens is 1. The molecule has 1 amide bonds. The Kier molecular flexibility index (Phi) is 11.2. The predicted molar refractivity (Wildman–Crippen MR) is 200 cm³/mol. The Morgan fingerprint density at radius 1 is 1.00 bits per heavy atom. The van der Waals surface area contributed by atoms with Gasteiger partial charge in [0.1, 0.15) is 23.0 Å². The van der Waals surface area contributed by atoms with Crippen molar-refractivity contribution in [3.05, 3.63) is 116 Å². The Morgan fingerprint density at radius 2 is 1.71 bits per heavy atom. The van der Waals surface area contributed by atoms with Crippen LogP contribution in [0.1, 0.15) is 77.0 Å². The second kappa shape index (κ2) is 15.4. The number of carboxylic acids is 1. The van der Waals surface area contributed by atoms with E-state index < -0.39 is 33.5 Å². The Hall–Kier alpha value is -5.43. The van der Waals surface area contributed by atoms with E-state index in [-0.39, 0.29) is 41.4 Å². The van der Waals surface area contributed by atoms with Crippen molar-refractivity contribution >= 4 is 27.9 Å². The third-order valence-electron chi connectivity index (χ3n) is 9.35. The summed E-state index contributed by atoms with van der Waals surface area (Å²) in [5, 5.41) is 12.2. The maximum atomic E-state index is 13.5. The van der Waals surface area contributed by atoms with Crippen LogP contribution in [0.2, 0.25) is 0 Å². The Bertz CT molecular complexity index is 2190. The van der Waals surface area contributed by atoms with Gasteiger partial charge in [0, 0.05) is 18.7 Å². The number of nitrogens with zero attached hydrogens (tertiary/aromatic N) is 1. The van der Waals surface area contributed by atoms with E-state index in [9.17, 15) is 27.9 Å². The molecule has 0 aliphatic carbocycles. The molecule has 4 aromatic rings. The van der Waals surface area contributed by atoms with Gasteiger partial charge in [-0.15, -0.1) is 0 Å². The van der Waals surface area contributed by atoms with Gasteiger partial charge in [-0.05, 0) is 111 Å². The molecular weight excluding hydrogens is 683 g/mol. The summed E-state index contributed by atoms with van der Waals surface area (Å²) in [7, 11) is -4.10. The first-order valence-electron chi connectivity index (χ1n) is 17.1. The van der Waals surface area contributed by atoms with Gasteiger partial charge in [0.05, 0.1) is 4.90 Å². The van der Waals surface area contributed by atoms with Gasteiger partial charge in [-0.25, -0.2) is 17.9 Å². The van der Waals surface area contributed by atoms with E-state index in [0.717, 1.165) is 40.0 Å². The van der Waals surface area contributed by atoms with Crippen LogP contribution >= 0.6 is 0 Å². The lowest BCUT2D eigenvalue weighted by molar-refractivity contribution is -0.139. The van der Waals surface area contributed by atoms with Crippen molar-refractivity contribution in [1.29, 1.82) is 0 Å². The molecule has 0 spiro atoms. The van der Waals surface area contributed by atoms with Crippen LogP contribution < -0.4 is 26.1 Å².